The van der Waals surface area contributed by atoms with Crippen molar-refractivity contribution in [2.75, 3.05) is 6.61 Å². The van der Waals surface area contributed by atoms with Gasteiger partial charge in [0.1, 0.15) is 11.5 Å². The summed E-state index contributed by atoms with van der Waals surface area (Å²) in [5.74, 6) is 2.92. The number of alkyl halides is 1. The normalized spacial score (nSPS) is 11.3. The molecule has 0 bridgehead atoms. The van der Waals surface area contributed by atoms with Crippen LogP contribution in [0.3, 0.4) is 0 Å². The molecule has 0 saturated heterocycles. The highest BCUT2D eigenvalue weighted by Gasteiger charge is 2.10. The molecule has 1 rings (SSSR count). The Morgan fingerprint density at radius 2 is 2.00 bits per heavy atom. The minimum atomic E-state index is 0.307. The van der Waals surface area contributed by atoms with Gasteiger partial charge < -0.3 is 4.74 Å². The molecule has 1 heterocycles. The van der Waals surface area contributed by atoms with Crippen LogP contribution >= 0.6 is 11.6 Å². The van der Waals surface area contributed by atoms with Crippen molar-refractivity contribution in [1.29, 1.82) is 0 Å². The highest BCUT2D eigenvalue weighted by molar-refractivity contribution is 6.17. The first-order valence-corrected chi connectivity index (χ1v) is 7.12. The minimum Gasteiger partial charge on any atom is -0.490 e. The van der Waals surface area contributed by atoms with Gasteiger partial charge in [0.25, 0.3) is 0 Å². The number of ether oxygens (including phenoxy) is 1. The van der Waals surface area contributed by atoms with Crippen LogP contribution in [0.5, 0.6) is 5.75 Å². The van der Waals surface area contributed by atoms with Gasteiger partial charge in [-0.1, -0.05) is 27.7 Å². The van der Waals surface area contributed by atoms with Gasteiger partial charge in [0.2, 0.25) is 0 Å². The first kappa shape index (κ1) is 15.2. The molecule has 3 nitrogen and oxygen atoms in total. The maximum atomic E-state index is 5.90. The molecule has 0 aliphatic heterocycles. The summed E-state index contributed by atoms with van der Waals surface area (Å²) in [5.41, 5.74) is 0.792. The maximum absolute atomic E-state index is 5.90. The predicted octanol–water partition coefficient (Wildman–Crippen LogP) is 4.15. The van der Waals surface area contributed by atoms with Gasteiger partial charge in [0, 0.05) is 5.92 Å². The van der Waals surface area contributed by atoms with E-state index in [1.807, 2.05) is 0 Å². The van der Waals surface area contributed by atoms with Gasteiger partial charge in [0.05, 0.1) is 18.7 Å². The van der Waals surface area contributed by atoms with Crippen LogP contribution < -0.4 is 4.74 Å². The molecule has 0 N–H and O–H groups in total. The second-order valence-corrected chi connectivity index (χ2v) is 5.48. The molecule has 0 unspecified atom stereocenters. The summed E-state index contributed by atoms with van der Waals surface area (Å²) < 4.78 is 5.70. The number of halogens is 1. The second-order valence-electron chi connectivity index (χ2n) is 5.21. The molecule has 0 aliphatic rings. The third-order valence-electron chi connectivity index (χ3n) is 2.67. The standard InChI is InChI=1S/C14H23ClN2O/c1-10(2)6-5-7-18-13-9-16-14(11(3)4)17-12(13)8-15/h9-11H,5-8H2,1-4H3. The molecule has 0 amide bonds. The Kier molecular flexibility index (Phi) is 6.41. The van der Waals surface area contributed by atoms with Gasteiger partial charge in [-0.05, 0) is 18.8 Å². The first-order chi connectivity index (χ1) is 8.54. The van der Waals surface area contributed by atoms with Crippen molar-refractivity contribution in [3.63, 3.8) is 0 Å². The maximum Gasteiger partial charge on any atom is 0.160 e. The van der Waals surface area contributed by atoms with E-state index >= 15 is 0 Å². The molecular formula is C14H23ClN2O. The number of rotatable bonds is 7. The van der Waals surface area contributed by atoms with E-state index < -0.39 is 0 Å². The fourth-order valence-electron chi connectivity index (χ4n) is 1.59. The lowest BCUT2D eigenvalue weighted by Gasteiger charge is -2.12. The molecular weight excluding hydrogens is 248 g/mol. The van der Waals surface area contributed by atoms with Crippen LogP contribution in [0.15, 0.2) is 6.20 Å². The Hall–Kier alpha value is -0.830. The van der Waals surface area contributed by atoms with E-state index in [9.17, 15) is 0 Å². The number of hydrogen-bond donors (Lipinski definition) is 0. The Morgan fingerprint density at radius 3 is 2.56 bits per heavy atom. The van der Waals surface area contributed by atoms with Crippen LogP contribution in [0.4, 0.5) is 0 Å². The zero-order chi connectivity index (χ0) is 13.5. The zero-order valence-corrected chi connectivity index (χ0v) is 12.5. The lowest BCUT2D eigenvalue weighted by molar-refractivity contribution is 0.292. The van der Waals surface area contributed by atoms with Gasteiger partial charge in [-0.15, -0.1) is 11.6 Å². The molecule has 0 saturated carbocycles. The fourth-order valence-corrected chi connectivity index (χ4v) is 1.78. The van der Waals surface area contributed by atoms with Crippen LogP contribution in [0.1, 0.15) is 58.0 Å². The van der Waals surface area contributed by atoms with Crippen LogP contribution in [0.2, 0.25) is 0 Å². The van der Waals surface area contributed by atoms with Gasteiger partial charge in [-0.2, -0.15) is 0 Å². The van der Waals surface area contributed by atoms with E-state index in [0.717, 1.165) is 23.7 Å². The molecule has 0 radical (unpaired) electrons. The molecule has 0 spiro atoms. The Bertz CT molecular complexity index is 367. The molecule has 0 aromatic carbocycles. The lowest BCUT2D eigenvalue weighted by atomic mass is 10.1. The van der Waals surface area contributed by atoms with Crippen molar-refractivity contribution in [2.45, 2.75) is 52.3 Å². The first-order valence-electron chi connectivity index (χ1n) is 6.59. The molecule has 102 valence electrons. The third-order valence-corrected chi connectivity index (χ3v) is 2.93. The Labute approximate surface area is 115 Å². The van der Waals surface area contributed by atoms with E-state index in [0.29, 0.717) is 24.3 Å². The molecule has 4 heteroatoms. The molecule has 18 heavy (non-hydrogen) atoms. The smallest absolute Gasteiger partial charge is 0.160 e. The van der Waals surface area contributed by atoms with Crippen molar-refractivity contribution in [1.82, 2.24) is 9.97 Å². The van der Waals surface area contributed by atoms with Crippen molar-refractivity contribution in [3.05, 3.63) is 17.7 Å². The molecule has 0 atom stereocenters. The molecule has 1 aromatic rings. The van der Waals surface area contributed by atoms with E-state index in [2.05, 4.69) is 37.7 Å². The monoisotopic (exact) mass is 270 g/mol. The molecule has 0 fully saturated rings. The lowest BCUT2D eigenvalue weighted by Crippen LogP contribution is -2.06. The van der Waals surface area contributed by atoms with E-state index in [1.54, 1.807) is 6.20 Å². The summed E-state index contributed by atoms with van der Waals surface area (Å²) in [7, 11) is 0. The fraction of sp³-hybridized carbons (Fsp3) is 0.714. The van der Waals surface area contributed by atoms with Crippen molar-refractivity contribution in [3.8, 4) is 5.75 Å². The summed E-state index contributed by atoms with van der Waals surface area (Å²) in [4.78, 5) is 8.74. The van der Waals surface area contributed by atoms with Crippen molar-refractivity contribution in [2.24, 2.45) is 5.92 Å². The second kappa shape index (κ2) is 7.57. The summed E-state index contributed by atoms with van der Waals surface area (Å²) in [6.45, 7) is 9.26. The SMILES string of the molecule is CC(C)CCCOc1cnc(C(C)C)nc1CCl. The highest BCUT2D eigenvalue weighted by atomic mass is 35.5. The van der Waals surface area contributed by atoms with Gasteiger partial charge in [-0.3, -0.25) is 0 Å². The largest absolute Gasteiger partial charge is 0.490 e. The van der Waals surface area contributed by atoms with Gasteiger partial charge in [-0.25, -0.2) is 9.97 Å². The van der Waals surface area contributed by atoms with Crippen LogP contribution in [0.25, 0.3) is 0 Å². The quantitative estimate of drug-likeness (QED) is 0.551. The number of hydrogen-bond acceptors (Lipinski definition) is 3. The number of aromatic nitrogens is 2. The number of nitrogens with zero attached hydrogens (tertiary/aromatic N) is 2. The predicted molar refractivity (Wildman–Crippen MR) is 75.2 cm³/mol. The third kappa shape index (κ3) is 4.81. The van der Waals surface area contributed by atoms with Gasteiger partial charge in [0.15, 0.2) is 5.75 Å². The van der Waals surface area contributed by atoms with Crippen LogP contribution in [-0.4, -0.2) is 16.6 Å². The summed E-state index contributed by atoms with van der Waals surface area (Å²) >= 11 is 5.90. The van der Waals surface area contributed by atoms with Crippen LogP contribution in [-0.2, 0) is 5.88 Å². The Morgan fingerprint density at radius 1 is 1.28 bits per heavy atom. The van der Waals surface area contributed by atoms with E-state index in [1.165, 1.54) is 6.42 Å². The minimum absolute atomic E-state index is 0.307. The van der Waals surface area contributed by atoms with Crippen molar-refractivity contribution >= 4 is 11.6 Å². The average molecular weight is 271 g/mol. The summed E-state index contributed by atoms with van der Waals surface area (Å²) in [6.07, 6.45) is 3.96. The highest BCUT2D eigenvalue weighted by Crippen LogP contribution is 2.20. The van der Waals surface area contributed by atoms with Crippen molar-refractivity contribution < 1.29 is 4.74 Å². The van der Waals surface area contributed by atoms with Gasteiger partial charge >= 0.3 is 0 Å². The molecule has 0 aliphatic carbocycles. The summed E-state index contributed by atoms with van der Waals surface area (Å²) in [6, 6.07) is 0. The topological polar surface area (TPSA) is 35.0 Å². The zero-order valence-electron chi connectivity index (χ0n) is 11.7. The van der Waals surface area contributed by atoms with E-state index in [4.69, 9.17) is 16.3 Å². The molecule has 1 aromatic heterocycles. The average Bonchev–Trinajstić information content (AvgIpc) is 2.34. The van der Waals surface area contributed by atoms with Crippen LogP contribution in [0, 0.1) is 5.92 Å². The Balaban J connectivity index is 2.59. The summed E-state index contributed by atoms with van der Waals surface area (Å²) in [5, 5.41) is 0. The van der Waals surface area contributed by atoms with E-state index in [-0.39, 0.29) is 0 Å².